The summed E-state index contributed by atoms with van der Waals surface area (Å²) in [6.07, 6.45) is 8.74. The van der Waals surface area contributed by atoms with E-state index in [1.165, 1.54) is 31.4 Å². The lowest BCUT2D eigenvalue weighted by Gasteiger charge is -2.34. The van der Waals surface area contributed by atoms with Gasteiger partial charge in [0, 0.05) is 37.6 Å². The number of nitrogens with zero attached hydrogens (tertiary/aromatic N) is 6. The van der Waals surface area contributed by atoms with Crippen LogP contribution in [-0.4, -0.2) is 46.3 Å². The second-order valence-corrected chi connectivity index (χ2v) is 9.90. The molecule has 1 unspecified atom stereocenters. The number of hydrogen-bond acceptors (Lipinski definition) is 8. The van der Waals surface area contributed by atoms with Crippen molar-refractivity contribution in [1.29, 1.82) is 5.26 Å². The Morgan fingerprint density at radius 3 is 2.59 bits per heavy atom. The van der Waals surface area contributed by atoms with Crippen molar-refractivity contribution in [2.75, 3.05) is 41.3 Å². The molecule has 3 fully saturated rings. The maximum Gasteiger partial charge on any atom is 0.277 e. The fourth-order valence-electron chi connectivity index (χ4n) is 5.30. The molecular weight excluding hydrogens is 428 g/mol. The summed E-state index contributed by atoms with van der Waals surface area (Å²) in [4.78, 5) is 26.4. The molecule has 0 radical (unpaired) electrons. The van der Waals surface area contributed by atoms with Crippen molar-refractivity contribution in [2.24, 2.45) is 11.3 Å². The lowest BCUT2D eigenvalue weighted by molar-refractivity contribution is 0.384. The van der Waals surface area contributed by atoms with Crippen LogP contribution in [0.25, 0.3) is 10.9 Å². The third-order valence-electron chi connectivity index (χ3n) is 7.67. The predicted octanol–water partition coefficient (Wildman–Crippen LogP) is 3.58. The van der Waals surface area contributed by atoms with Gasteiger partial charge in [0.2, 0.25) is 5.95 Å². The quantitative estimate of drug-likeness (QED) is 0.612. The second-order valence-electron chi connectivity index (χ2n) is 9.90. The van der Waals surface area contributed by atoms with Gasteiger partial charge < -0.3 is 15.1 Å². The molecule has 6 rings (SSSR count). The van der Waals surface area contributed by atoms with Crippen molar-refractivity contribution in [3.63, 3.8) is 0 Å². The van der Waals surface area contributed by atoms with E-state index in [0.29, 0.717) is 34.6 Å². The minimum Gasteiger partial charge on any atom is -0.371 e. The van der Waals surface area contributed by atoms with Gasteiger partial charge in [0.1, 0.15) is 16.7 Å². The Labute approximate surface area is 197 Å². The first-order chi connectivity index (χ1) is 16.6. The lowest BCUT2D eigenvalue weighted by Crippen LogP contribution is -2.36. The number of fused-ring (bicyclic) bond motifs is 1. The molecule has 3 aromatic rings. The van der Waals surface area contributed by atoms with E-state index in [-0.39, 0.29) is 11.5 Å². The third kappa shape index (κ3) is 3.94. The van der Waals surface area contributed by atoms with E-state index in [0.717, 1.165) is 38.2 Å². The zero-order valence-corrected chi connectivity index (χ0v) is 19.1. The largest absolute Gasteiger partial charge is 0.371 e. The van der Waals surface area contributed by atoms with Crippen LogP contribution in [0.2, 0.25) is 0 Å². The molecule has 0 bridgehead atoms. The molecule has 34 heavy (non-hydrogen) atoms. The van der Waals surface area contributed by atoms with E-state index < -0.39 is 0 Å². The van der Waals surface area contributed by atoms with Gasteiger partial charge in [0.15, 0.2) is 0 Å². The maximum atomic E-state index is 12.6. The zero-order valence-electron chi connectivity index (χ0n) is 19.1. The van der Waals surface area contributed by atoms with Crippen molar-refractivity contribution >= 4 is 34.0 Å². The van der Waals surface area contributed by atoms with E-state index in [1.807, 2.05) is 17.0 Å². The molecule has 9 heteroatoms. The zero-order chi connectivity index (χ0) is 23.1. The normalized spacial score (nSPS) is 21.4. The smallest absolute Gasteiger partial charge is 0.277 e. The van der Waals surface area contributed by atoms with Gasteiger partial charge in [-0.1, -0.05) is 0 Å². The van der Waals surface area contributed by atoms with Crippen molar-refractivity contribution in [3.8, 4) is 6.07 Å². The van der Waals surface area contributed by atoms with Gasteiger partial charge in [-0.3, -0.25) is 4.79 Å². The van der Waals surface area contributed by atoms with Crippen LogP contribution in [0.1, 0.15) is 38.5 Å². The molecule has 3 aliphatic rings. The summed E-state index contributed by atoms with van der Waals surface area (Å²) in [5, 5.41) is 19.5. The van der Waals surface area contributed by atoms with E-state index in [2.05, 4.69) is 43.6 Å². The highest BCUT2D eigenvalue weighted by atomic mass is 16.1. The molecular formula is C25H28N8O. The maximum absolute atomic E-state index is 12.6. The molecule has 1 aliphatic carbocycles. The summed E-state index contributed by atoms with van der Waals surface area (Å²) in [6.45, 7) is 3.61. The van der Waals surface area contributed by atoms with Gasteiger partial charge in [-0.2, -0.15) is 15.3 Å². The highest BCUT2D eigenvalue weighted by Crippen LogP contribution is 2.53. The SMILES string of the molecule is N#CC1CCCN(c2nc(Nc3ccc(N4CCC5(CC4)CC5)cc3)c3c(=O)[nH]ncc3n2)C1. The fraction of sp³-hybridized carbons (Fsp3) is 0.480. The molecule has 1 aromatic carbocycles. The number of rotatable bonds is 4. The van der Waals surface area contributed by atoms with E-state index in [9.17, 15) is 10.1 Å². The molecule has 174 valence electrons. The molecule has 1 atom stereocenters. The van der Waals surface area contributed by atoms with Crippen molar-refractivity contribution < 1.29 is 0 Å². The number of piperidine rings is 2. The van der Waals surface area contributed by atoms with Gasteiger partial charge in [-0.25, -0.2) is 10.1 Å². The number of aromatic amines is 1. The summed E-state index contributed by atoms with van der Waals surface area (Å²) in [5.41, 5.74) is 2.89. The topological polar surface area (TPSA) is 114 Å². The van der Waals surface area contributed by atoms with Gasteiger partial charge in [-0.05, 0) is 68.2 Å². The Morgan fingerprint density at radius 2 is 1.85 bits per heavy atom. The Morgan fingerprint density at radius 1 is 1.06 bits per heavy atom. The summed E-state index contributed by atoms with van der Waals surface area (Å²) in [6, 6.07) is 10.7. The first-order valence-corrected chi connectivity index (χ1v) is 12.1. The Bertz CT molecular complexity index is 1300. The minimum atomic E-state index is -0.334. The molecule has 2 aliphatic heterocycles. The number of nitrogens with one attached hydrogen (secondary N) is 2. The van der Waals surface area contributed by atoms with Crippen LogP contribution in [0, 0.1) is 22.7 Å². The number of aromatic nitrogens is 4. The predicted molar refractivity (Wildman–Crippen MR) is 131 cm³/mol. The third-order valence-corrected chi connectivity index (χ3v) is 7.67. The fourth-order valence-corrected chi connectivity index (χ4v) is 5.30. The molecule has 1 spiro atoms. The van der Waals surface area contributed by atoms with Crippen molar-refractivity contribution in [3.05, 3.63) is 40.8 Å². The summed E-state index contributed by atoms with van der Waals surface area (Å²) < 4.78 is 0. The molecule has 4 heterocycles. The standard InChI is InChI=1S/C25H28N8O/c26-14-17-2-1-11-33(16-17)24-29-20-15-27-31-23(34)21(20)22(30-24)28-18-3-5-19(6-4-18)32-12-9-25(7-8-25)10-13-32/h3-6,15,17H,1-2,7-13,16H2,(H,31,34)(H,28,29,30). The lowest BCUT2D eigenvalue weighted by atomic mass is 9.93. The van der Waals surface area contributed by atoms with E-state index >= 15 is 0 Å². The number of benzene rings is 1. The van der Waals surface area contributed by atoms with Crippen LogP contribution in [0.3, 0.4) is 0 Å². The van der Waals surface area contributed by atoms with Crippen LogP contribution in [0.4, 0.5) is 23.1 Å². The van der Waals surface area contributed by atoms with Gasteiger partial charge in [0.25, 0.3) is 5.56 Å². The van der Waals surface area contributed by atoms with Gasteiger partial charge >= 0.3 is 0 Å². The average Bonchev–Trinajstić information content (AvgIpc) is 3.63. The van der Waals surface area contributed by atoms with Crippen LogP contribution >= 0.6 is 0 Å². The number of hydrogen-bond donors (Lipinski definition) is 2. The molecule has 1 saturated carbocycles. The van der Waals surface area contributed by atoms with Crippen molar-refractivity contribution in [2.45, 2.75) is 38.5 Å². The van der Waals surface area contributed by atoms with Crippen LogP contribution in [0.5, 0.6) is 0 Å². The number of anilines is 4. The highest BCUT2D eigenvalue weighted by Gasteiger charge is 2.44. The Kier molecular flexibility index (Phi) is 5.09. The van der Waals surface area contributed by atoms with E-state index in [1.54, 1.807) is 6.20 Å². The molecule has 9 nitrogen and oxygen atoms in total. The summed E-state index contributed by atoms with van der Waals surface area (Å²) in [7, 11) is 0. The Balaban J connectivity index is 1.27. The van der Waals surface area contributed by atoms with Gasteiger partial charge in [-0.15, -0.1) is 0 Å². The van der Waals surface area contributed by atoms with Gasteiger partial charge in [0.05, 0.1) is 18.2 Å². The first-order valence-electron chi connectivity index (χ1n) is 12.1. The van der Waals surface area contributed by atoms with Crippen LogP contribution in [-0.2, 0) is 0 Å². The average molecular weight is 457 g/mol. The summed E-state index contributed by atoms with van der Waals surface area (Å²) >= 11 is 0. The molecule has 0 amide bonds. The van der Waals surface area contributed by atoms with Crippen LogP contribution in [0.15, 0.2) is 35.3 Å². The number of nitriles is 1. The van der Waals surface area contributed by atoms with Crippen LogP contribution < -0.4 is 20.7 Å². The second kappa shape index (κ2) is 8.28. The molecule has 2 aromatic heterocycles. The Hall–Kier alpha value is -3.67. The highest BCUT2D eigenvalue weighted by molar-refractivity contribution is 5.90. The molecule has 2 saturated heterocycles. The number of H-pyrrole nitrogens is 1. The monoisotopic (exact) mass is 456 g/mol. The minimum absolute atomic E-state index is 0.0427. The summed E-state index contributed by atoms with van der Waals surface area (Å²) in [5.74, 6) is 0.921. The first kappa shape index (κ1) is 20.9. The van der Waals surface area contributed by atoms with E-state index in [4.69, 9.17) is 4.98 Å². The molecule has 2 N–H and O–H groups in total. The van der Waals surface area contributed by atoms with Crippen molar-refractivity contribution in [1.82, 2.24) is 20.2 Å².